The number of hydrogen-bond acceptors (Lipinski definition) is 2. The lowest BCUT2D eigenvalue weighted by molar-refractivity contribution is 0.0495. The molecule has 0 saturated heterocycles. The Labute approximate surface area is 130 Å². The van der Waals surface area contributed by atoms with Gasteiger partial charge in [-0.05, 0) is 30.4 Å². The van der Waals surface area contributed by atoms with E-state index < -0.39 is 12.6 Å². The van der Waals surface area contributed by atoms with Crippen LogP contribution in [0.1, 0.15) is 41.8 Å². The normalized spacial score (nSPS) is 16.3. The van der Waals surface area contributed by atoms with Crippen molar-refractivity contribution in [1.29, 1.82) is 0 Å². The van der Waals surface area contributed by atoms with Crippen LogP contribution < -0.4 is 0 Å². The molecule has 1 saturated carbocycles. The quantitative estimate of drug-likeness (QED) is 0.718. The van der Waals surface area contributed by atoms with Crippen molar-refractivity contribution in [2.75, 3.05) is 0 Å². The standard InChI is InChI=1S/C16H15F3N4/c17-15(16(18)19)12-5-20-23(7-12)9-13-8-22-6-11(10-1-2-10)3-4-14(22)21-13/h3-8,10,15-16H,1-2,9H2. The van der Waals surface area contributed by atoms with Gasteiger partial charge in [0.2, 0.25) is 0 Å². The molecule has 3 heterocycles. The monoisotopic (exact) mass is 320 g/mol. The van der Waals surface area contributed by atoms with Crippen LogP contribution in [0.25, 0.3) is 5.65 Å². The Balaban J connectivity index is 1.55. The summed E-state index contributed by atoms with van der Waals surface area (Å²) in [6.07, 6.45) is 3.54. The summed E-state index contributed by atoms with van der Waals surface area (Å²) in [7, 11) is 0. The van der Waals surface area contributed by atoms with E-state index in [1.807, 2.05) is 16.7 Å². The molecule has 120 valence electrons. The van der Waals surface area contributed by atoms with Gasteiger partial charge in [0, 0.05) is 24.2 Å². The molecular weight excluding hydrogens is 305 g/mol. The molecule has 1 fully saturated rings. The van der Waals surface area contributed by atoms with Crippen molar-refractivity contribution in [2.45, 2.75) is 37.9 Å². The zero-order chi connectivity index (χ0) is 16.0. The van der Waals surface area contributed by atoms with Crippen molar-refractivity contribution >= 4 is 5.65 Å². The van der Waals surface area contributed by atoms with Crippen LogP contribution in [0.3, 0.4) is 0 Å². The van der Waals surface area contributed by atoms with Gasteiger partial charge in [-0.15, -0.1) is 0 Å². The Morgan fingerprint density at radius 3 is 2.70 bits per heavy atom. The van der Waals surface area contributed by atoms with E-state index in [-0.39, 0.29) is 5.56 Å². The summed E-state index contributed by atoms with van der Waals surface area (Å²) >= 11 is 0. The first-order valence-corrected chi connectivity index (χ1v) is 7.52. The molecule has 1 aliphatic carbocycles. The summed E-state index contributed by atoms with van der Waals surface area (Å²) in [5.41, 5.74) is 2.77. The third-order valence-electron chi connectivity index (χ3n) is 4.09. The molecule has 1 atom stereocenters. The van der Waals surface area contributed by atoms with Crippen LogP contribution in [-0.2, 0) is 6.54 Å². The Bertz CT molecular complexity index is 835. The minimum atomic E-state index is -3.04. The minimum absolute atomic E-state index is 0.111. The number of nitrogens with zero attached hydrogens (tertiary/aromatic N) is 4. The summed E-state index contributed by atoms with van der Waals surface area (Å²) in [5, 5.41) is 3.93. The molecule has 0 bridgehead atoms. The SMILES string of the molecule is FC(F)C(F)c1cnn(Cc2cn3cc(C4CC4)ccc3n2)c1. The first-order valence-electron chi connectivity index (χ1n) is 7.52. The van der Waals surface area contributed by atoms with E-state index in [0.29, 0.717) is 12.5 Å². The lowest BCUT2D eigenvalue weighted by Gasteiger charge is -2.02. The van der Waals surface area contributed by atoms with Crippen LogP contribution in [0.4, 0.5) is 13.2 Å². The van der Waals surface area contributed by atoms with Crippen molar-refractivity contribution in [3.8, 4) is 0 Å². The van der Waals surface area contributed by atoms with Crippen LogP contribution >= 0.6 is 0 Å². The van der Waals surface area contributed by atoms with Crippen molar-refractivity contribution in [3.63, 3.8) is 0 Å². The first kappa shape index (κ1) is 14.3. The lowest BCUT2D eigenvalue weighted by atomic mass is 10.2. The third kappa shape index (κ3) is 2.83. The van der Waals surface area contributed by atoms with E-state index in [4.69, 9.17) is 0 Å². The summed E-state index contributed by atoms with van der Waals surface area (Å²) in [6.45, 7) is 0.316. The highest BCUT2D eigenvalue weighted by atomic mass is 19.3. The Kier molecular flexibility index (Phi) is 3.36. The highest BCUT2D eigenvalue weighted by Crippen LogP contribution is 2.39. The van der Waals surface area contributed by atoms with E-state index in [2.05, 4.69) is 22.3 Å². The van der Waals surface area contributed by atoms with Crippen LogP contribution in [0.5, 0.6) is 0 Å². The predicted molar refractivity (Wildman–Crippen MR) is 78.3 cm³/mol. The Hall–Kier alpha value is -2.31. The average Bonchev–Trinajstić information content (AvgIpc) is 3.15. The first-order chi connectivity index (χ1) is 11.1. The number of alkyl halides is 3. The van der Waals surface area contributed by atoms with Crippen molar-refractivity contribution < 1.29 is 13.2 Å². The van der Waals surface area contributed by atoms with E-state index in [9.17, 15) is 13.2 Å². The number of hydrogen-bond donors (Lipinski definition) is 0. The van der Waals surface area contributed by atoms with Crippen LogP contribution in [0.15, 0.2) is 36.9 Å². The smallest absolute Gasteiger partial charge is 0.273 e. The largest absolute Gasteiger partial charge is 0.306 e. The van der Waals surface area contributed by atoms with Crippen molar-refractivity contribution in [3.05, 3.63) is 53.7 Å². The number of imidazole rings is 1. The fourth-order valence-corrected chi connectivity index (χ4v) is 2.72. The fraction of sp³-hybridized carbons (Fsp3) is 0.375. The van der Waals surface area contributed by atoms with Gasteiger partial charge in [-0.3, -0.25) is 4.68 Å². The molecule has 0 aliphatic heterocycles. The molecule has 3 aromatic rings. The van der Waals surface area contributed by atoms with Gasteiger partial charge in [0.15, 0.2) is 6.17 Å². The highest BCUT2D eigenvalue weighted by Gasteiger charge is 2.24. The third-order valence-corrected chi connectivity index (χ3v) is 4.09. The molecule has 0 radical (unpaired) electrons. The topological polar surface area (TPSA) is 35.1 Å². The summed E-state index contributed by atoms with van der Waals surface area (Å²) in [4.78, 5) is 4.48. The van der Waals surface area contributed by atoms with Gasteiger partial charge < -0.3 is 4.40 Å². The van der Waals surface area contributed by atoms with Gasteiger partial charge in [0.25, 0.3) is 6.43 Å². The summed E-state index contributed by atoms with van der Waals surface area (Å²) < 4.78 is 41.4. The molecule has 1 unspecified atom stereocenters. The Morgan fingerprint density at radius 2 is 1.96 bits per heavy atom. The summed E-state index contributed by atoms with van der Waals surface area (Å²) in [6, 6.07) is 4.06. The van der Waals surface area contributed by atoms with Gasteiger partial charge in [0.1, 0.15) is 5.65 Å². The molecule has 1 aliphatic rings. The molecule has 4 rings (SSSR count). The molecule has 0 amide bonds. The zero-order valence-electron chi connectivity index (χ0n) is 12.2. The fourth-order valence-electron chi connectivity index (χ4n) is 2.72. The second-order valence-electron chi connectivity index (χ2n) is 5.94. The second-order valence-corrected chi connectivity index (χ2v) is 5.94. The molecule has 0 aromatic carbocycles. The number of aromatic nitrogens is 4. The maximum atomic E-state index is 13.3. The van der Waals surface area contributed by atoms with Crippen LogP contribution in [-0.4, -0.2) is 25.6 Å². The molecule has 4 nitrogen and oxygen atoms in total. The minimum Gasteiger partial charge on any atom is -0.306 e. The zero-order valence-corrected chi connectivity index (χ0v) is 12.2. The van der Waals surface area contributed by atoms with Crippen molar-refractivity contribution in [1.82, 2.24) is 19.2 Å². The lowest BCUT2D eigenvalue weighted by Crippen LogP contribution is -2.03. The van der Waals surface area contributed by atoms with Crippen LogP contribution in [0, 0.1) is 0 Å². The highest BCUT2D eigenvalue weighted by molar-refractivity contribution is 5.42. The second kappa shape index (κ2) is 5.40. The number of halogens is 3. The van der Waals surface area contributed by atoms with Gasteiger partial charge in [0.05, 0.1) is 18.4 Å². The molecule has 3 aromatic heterocycles. The predicted octanol–water partition coefficient (Wildman–Crippen LogP) is 3.73. The number of pyridine rings is 1. The molecular formula is C16H15F3N4. The maximum Gasteiger partial charge on any atom is 0.273 e. The number of fused-ring (bicyclic) bond motifs is 1. The Morgan fingerprint density at radius 1 is 1.13 bits per heavy atom. The van der Waals surface area contributed by atoms with E-state index in [0.717, 1.165) is 17.5 Å². The molecule has 7 heteroatoms. The van der Waals surface area contributed by atoms with Gasteiger partial charge in [-0.1, -0.05) is 6.07 Å². The maximum absolute atomic E-state index is 13.3. The molecule has 0 spiro atoms. The van der Waals surface area contributed by atoms with Crippen molar-refractivity contribution in [2.24, 2.45) is 0 Å². The van der Waals surface area contributed by atoms with Crippen LogP contribution in [0.2, 0.25) is 0 Å². The average molecular weight is 320 g/mol. The molecule has 23 heavy (non-hydrogen) atoms. The van der Waals surface area contributed by atoms with E-state index in [1.54, 1.807) is 0 Å². The van der Waals surface area contributed by atoms with E-state index >= 15 is 0 Å². The number of rotatable bonds is 5. The van der Waals surface area contributed by atoms with Gasteiger partial charge in [-0.25, -0.2) is 18.2 Å². The van der Waals surface area contributed by atoms with Gasteiger partial charge >= 0.3 is 0 Å². The summed E-state index contributed by atoms with van der Waals surface area (Å²) in [5.74, 6) is 0.662. The molecule has 0 N–H and O–H groups in total. The van der Waals surface area contributed by atoms with Gasteiger partial charge in [-0.2, -0.15) is 5.10 Å². The van der Waals surface area contributed by atoms with E-state index in [1.165, 1.54) is 29.3 Å².